The van der Waals surface area contributed by atoms with E-state index in [1.165, 1.54) is 30.0 Å². The Bertz CT molecular complexity index is 1920. The Balaban J connectivity index is 1.80. The van der Waals surface area contributed by atoms with Crippen molar-refractivity contribution in [3.8, 4) is 0 Å². The Morgan fingerprint density at radius 1 is 0.911 bits per heavy atom. The predicted molar refractivity (Wildman–Crippen MR) is 178 cm³/mol. The summed E-state index contributed by atoms with van der Waals surface area (Å²) >= 11 is 1.54. The maximum atomic E-state index is 13.9. The zero-order valence-electron chi connectivity index (χ0n) is 25.7. The molecule has 0 aliphatic rings. The van der Waals surface area contributed by atoms with E-state index in [4.69, 9.17) is 4.74 Å². The molecular weight excluding hydrogens is 590 g/mol. The number of aromatic nitrogens is 1. The summed E-state index contributed by atoms with van der Waals surface area (Å²) in [5, 5.41) is 25.3. The molecule has 1 unspecified atom stereocenters. The lowest BCUT2D eigenvalue weighted by Crippen LogP contribution is -2.22. The predicted octanol–water partition coefficient (Wildman–Crippen LogP) is 8.61. The van der Waals surface area contributed by atoms with Crippen LogP contribution in [0.4, 0.5) is 11.4 Å². The van der Waals surface area contributed by atoms with Crippen LogP contribution in [0.3, 0.4) is 0 Å². The molecule has 4 aromatic carbocycles. The second-order valence-electron chi connectivity index (χ2n) is 11.3. The summed E-state index contributed by atoms with van der Waals surface area (Å²) in [4.78, 5) is 37.1. The van der Waals surface area contributed by atoms with E-state index in [9.17, 15) is 25.0 Å². The Morgan fingerprint density at radius 3 is 2.18 bits per heavy atom. The number of hydrogen-bond acceptors (Lipinski definition) is 7. The maximum absolute atomic E-state index is 13.9. The molecule has 1 atom stereocenters. The zero-order chi connectivity index (χ0) is 32.2. The maximum Gasteiger partial charge on any atom is 0.314 e. The topological polar surface area (TPSA) is 118 Å². The Hall–Kier alpha value is -4.70. The molecule has 0 saturated heterocycles. The van der Waals surface area contributed by atoms with Gasteiger partial charge in [0.25, 0.3) is 11.4 Å². The summed E-state index contributed by atoms with van der Waals surface area (Å²) in [6.07, 6.45) is 3.51. The first-order valence-corrected chi connectivity index (χ1v) is 16.1. The van der Waals surface area contributed by atoms with Crippen molar-refractivity contribution >= 4 is 50.9 Å². The highest BCUT2D eigenvalue weighted by Gasteiger charge is 2.30. The Kier molecular flexibility index (Phi) is 9.53. The molecule has 0 radical (unpaired) electrons. The van der Waals surface area contributed by atoms with Gasteiger partial charge < -0.3 is 9.30 Å². The minimum Gasteiger partial charge on any atom is -0.462 e. The standard InChI is InChI=1S/C35H35N3O6S/c1-5-10-25-20-29(30(35(39)44-22(2)3)19-23-11-8-13-26(17-23)37(40)41)34(45-4)33-32(25)28-15-6-7-16-31(28)36(33)21-24-12-9-14-27(18-24)38(42)43/h6-9,11-18,20,22,30H,5,10,19,21H2,1-4H3. The first-order chi connectivity index (χ1) is 21.6. The number of hydrogen-bond donors (Lipinski definition) is 0. The van der Waals surface area contributed by atoms with Crippen LogP contribution in [0.2, 0.25) is 0 Å². The van der Waals surface area contributed by atoms with E-state index in [-0.39, 0.29) is 28.8 Å². The number of nitrogens with zero attached hydrogens (tertiary/aromatic N) is 3. The molecular formula is C35H35N3O6S. The molecule has 0 saturated carbocycles. The second-order valence-corrected chi connectivity index (χ2v) is 12.1. The van der Waals surface area contributed by atoms with Crippen LogP contribution in [0, 0.1) is 20.2 Å². The molecule has 0 fully saturated rings. The second kappa shape index (κ2) is 13.5. The number of rotatable bonds is 12. The van der Waals surface area contributed by atoms with Crippen molar-refractivity contribution in [1.29, 1.82) is 0 Å². The smallest absolute Gasteiger partial charge is 0.314 e. The van der Waals surface area contributed by atoms with Gasteiger partial charge in [-0.3, -0.25) is 25.0 Å². The third-order valence-electron chi connectivity index (χ3n) is 7.86. The van der Waals surface area contributed by atoms with Crippen LogP contribution in [0.5, 0.6) is 0 Å². The van der Waals surface area contributed by atoms with E-state index < -0.39 is 16.8 Å². The molecule has 232 valence electrons. The van der Waals surface area contributed by atoms with Gasteiger partial charge in [-0.05, 0) is 61.3 Å². The summed E-state index contributed by atoms with van der Waals surface area (Å²) in [6, 6.07) is 23.3. The van der Waals surface area contributed by atoms with E-state index in [1.54, 1.807) is 38.1 Å². The lowest BCUT2D eigenvalue weighted by Gasteiger charge is -2.23. The number of benzene rings is 4. The molecule has 5 rings (SSSR count). The lowest BCUT2D eigenvalue weighted by atomic mass is 9.88. The van der Waals surface area contributed by atoms with Crippen LogP contribution >= 0.6 is 11.8 Å². The van der Waals surface area contributed by atoms with Gasteiger partial charge in [-0.15, -0.1) is 11.8 Å². The molecule has 0 spiro atoms. The van der Waals surface area contributed by atoms with E-state index in [0.29, 0.717) is 12.1 Å². The van der Waals surface area contributed by atoms with Crippen molar-refractivity contribution in [2.45, 2.75) is 63.5 Å². The van der Waals surface area contributed by atoms with Crippen LogP contribution in [0.15, 0.2) is 83.8 Å². The van der Waals surface area contributed by atoms with Gasteiger partial charge in [0.05, 0.1) is 27.4 Å². The highest BCUT2D eigenvalue weighted by molar-refractivity contribution is 7.98. The largest absolute Gasteiger partial charge is 0.462 e. The van der Waals surface area contributed by atoms with Gasteiger partial charge in [0.15, 0.2) is 0 Å². The molecule has 9 nitrogen and oxygen atoms in total. The van der Waals surface area contributed by atoms with Gasteiger partial charge in [0.2, 0.25) is 0 Å². The summed E-state index contributed by atoms with van der Waals surface area (Å²) in [7, 11) is 0. The van der Waals surface area contributed by atoms with Crippen molar-refractivity contribution in [2.75, 3.05) is 6.26 Å². The molecule has 0 aliphatic heterocycles. The van der Waals surface area contributed by atoms with Gasteiger partial charge in [0.1, 0.15) is 0 Å². The molecule has 10 heteroatoms. The SMILES string of the molecule is CCCc1cc(C(Cc2cccc([N+](=O)[O-])c2)C(=O)OC(C)C)c(SC)c2c1c1ccccc1n2Cc1cccc([N+](=O)[O-])c1. The Morgan fingerprint density at radius 2 is 1.56 bits per heavy atom. The van der Waals surface area contributed by atoms with Gasteiger partial charge in [-0.1, -0.05) is 61.9 Å². The number of esters is 1. The fraction of sp³-hybridized carbons (Fsp3) is 0.286. The normalized spacial score (nSPS) is 12.1. The van der Waals surface area contributed by atoms with Crippen LogP contribution in [0.1, 0.15) is 55.4 Å². The Labute approximate surface area is 265 Å². The summed E-state index contributed by atoms with van der Waals surface area (Å²) in [5.41, 5.74) is 5.28. The third kappa shape index (κ3) is 6.56. The van der Waals surface area contributed by atoms with Crippen LogP contribution in [-0.4, -0.2) is 32.7 Å². The number of aryl methyl sites for hydroxylation is 1. The molecule has 1 aromatic heterocycles. The molecule has 0 bridgehead atoms. The highest BCUT2D eigenvalue weighted by atomic mass is 32.2. The summed E-state index contributed by atoms with van der Waals surface area (Å²) in [6.45, 7) is 6.12. The quantitative estimate of drug-likeness (QED) is 0.0589. The number of fused-ring (bicyclic) bond motifs is 3. The van der Waals surface area contributed by atoms with Crippen LogP contribution in [0.25, 0.3) is 21.8 Å². The van der Waals surface area contributed by atoms with Gasteiger partial charge in [-0.25, -0.2) is 0 Å². The molecule has 0 N–H and O–H groups in total. The van der Waals surface area contributed by atoms with E-state index in [1.807, 2.05) is 24.5 Å². The fourth-order valence-electron chi connectivity index (χ4n) is 6.05. The monoisotopic (exact) mass is 625 g/mol. The number of thioether (sulfide) groups is 1. The van der Waals surface area contributed by atoms with E-state index >= 15 is 0 Å². The molecule has 45 heavy (non-hydrogen) atoms. The summed E-state index contributed by atoms with van der Waals surface area (Å²) < 4.78 is 7.99. The average Bonchev–Trinajstić information content (AvgIpc) is 3.34. The molecule has 5 aromatic rings. The lowest BCUT2D eigenvalue weighted by molar-refractivity contribution is -0.385. The van der Waals surface area contributed by atoms with E-state index in [0.717, 1.165) is 56.2 Å². The first kappa shape index (κ1) is 31.7. The average molecular weight is 626 g/mol. The third-order valence-corrected chi connectivity index (χ3v) is 8.69. The molecule has 1 heterocycles. The number of nitro groups is 2. The first-order valence-electron chi connectivity index (χ1n) is 14.9. The van der Waals surface area contributed by atoms with Crippen molar-refractivity contribution in [2.24, 2.45) is 0 Å². The highest BCUT2D eigenvalue weighted by Crippen LogP contribution is 2.43. The number of nitro benzene ring substituents is 2. The van der Waals surface area contributed by atoms with Gasteiger partial charge in [-0.2, -0.15) is 0 Å². The number of carbonyl (C=O) groups excluding carboxylic acids is 1. The number of para-hydroxylation sites is 1. The van der Waals surface area contributed by atoms with Crippen molar-refractivity contribution < 1.29 is 19.4 Å². The van der Waals surface area contributed by atoms with Gasteiger partial charge >= 0.3 is 5.97 Å². The molecule has 0 amide bonds. The van der Waals surface area contributed by atoms with Crippen molar-refractivity contribution in [3.63, 3.8) is 0 Å². The number of non-ortho nitro benzene ring substituents is 2. The molecule has 0 aliphatic carbocycles. The van der Waals surface area contributed by atoms with Crippen molar-refractivity contribution in [3.05, 3.63) is 121 Å². The number of carbonyl (C=O) groups is 1. The summed E-state index contributed by atoms with van der Waals surface area (Å²) in [5.74, 6) is -1.11. The minimum absolute atomic E-state index is 0.0270. The van der Waals surface area contributed by atoms with E-state index in [2.05, 4.69) is 29.7 Å². The van der Waals surface area contributed by atoms with Crippen LogP contribution < -0.4 is 0 Å². The fourth-order valence-corrected chi connectivity index (χ4v) is 6.89. The van der Waals surface area contributed by atoms with Crippen LogP contribution in [-0.2, 0) is 28.9 Å². The van der Waals surface area contributed by atoms with Gasteiger partial charge in [0, 0.05) is 52.0 Å². The zero-order valence-corrected chi connectivity index (χ0v) is 26.5. The minimum atomic E-state index is -0.721. The van der Waals surface area contributed by atoms with Crippen molar-refractivity contribution in [1.82, 2.24) is 4.57 Å². The number of ether oxygens (including phenoxy) is 1.